The van der Waals surface area contributed by atoms with Gasteiger partial charge in [0.15, 0.2) is 0 Å². The normalized spacial score (nSPS) is 24.0. The molecule has 6 heavy (non-hydrogen) atoms. The average Bonchev–Trinajstić information content (AvgIpc) is 1.72. The molecule has 1 rings (SSSR count). The van der Waals surface area contributed by atoms with E-state index in [1.54, 1.807) is 0 Å². The largest absolute Gasteiger partial charge is 0.308 e. The molecule has 1 N–H and O–H groups in total. The SMILES string of the molecule is [C]1C[CH]CCN1. The van der Waals surface area contributed by atoms with Gasteiger partial charge < -0.3 is 5.32 Å². The van der Waals surface area contributed by atoms with Crippen molar-refractivity contribution in [2.75, 3.05) is 6.54 Å². The summed E-state index contributed by atoms with van der Waals surface area (Å²) in [6, 6.07) is 0. The molecule has 0 atom stereocenters. The van der Waals surface area contributed by atoms with Crippen molar-refractivity contribution in [1.29, 1.82) is 0 Å². The lowest BCUT2D eigenvalue weighted by Crippen LogP contribution is -2.16. The molecule has 1 aliphatic heterocycles. The fourth-order valence-electron chi connectivity index (χ4n) is 0.509. The second-order valence-electron chi connectivity index (χ2n) is 1.39. The predicted molar refractivity (Wildman–Crippen MR) is 24.8 cm³/mol. The topological polar surface area (TPSA) is 12.0 Å². The summed E-state index contributed by atoms with van der Waals surface area (Å²) in [7, 11) is 0. The van der Waals surface area contributed by atoms with Crippen LogP contribution in [-0.4, -0.2) is 6.54 Å². The Labute approximate surface area is 38.7 Å². The molecule has 1 nitrogen and oxygen atoms in total. The van der Waals surface area contributed by atoms with Gasteiger partial charge in [0.05, 0.1) is 6.54 Å². The molecule has 1 aliphatic rings. The minimum Gasteiger partial charge on any atom is -0.308 e. The van der Waals surface area contributed by atoms with Crippen molar-refractivity contribution in [2.45, 2.75) is 12.8 Å². The van der Waals surface area contributed by atoms with Crippen LogP contribution in [0.3, 0.4) is 0 Å². The summed E-state index contributed by atoms with van der Waals surface area (Å²) in [6.45, 7) is 4.06. The molecule has 1 heteroatoms. The van der Waals surface area contributed by atoms with Gasteiger partial charge in [-0.1, -0.05) is 0 Å². The fourth-order valence-corrected chi connectivity index (χ4v) is 0.509. The third kappa shape index (κ3) is 0.977. The Morgan fingerprint density at radius 1 is 1.67 bits per heavy atom. The molecule has 0 bridgehead atoms. The smallest absolute Gasteiger partial charge is 0.0589 e. The Bertz CT molecular complexity index is 19.4. The van der Waals surface area contributed by atoms with Crippen LogP contribution in [0.4, 0.5) is 0 Å². The van der Waals surface area contributed by atoms with Crippen LogP contribution in [0, 0.1) is 13.0 Å². The lowest BCUT2D eigenvalue weighted by molar-refractivity contribution is 0.676. The lowest BCUT2D eigenvalue weighted by Gasteiger charge is -2.06. The summed E-state index contributed by atoms with van der Waals surface area (Å²) in [4.78, 5) is 0. The van der Waals surface area contributed by atoms with Crippen LogP contribution in [0.15, 0.2) is 0 Å². The molecule has 0 aromatic carbocycles. The van der Waals surface area contributed by atoms with E-state index < -0.39 is 0 Å². The van der Waals surface area contributed by atoms with Crippen LogP contribution in [0.2, 0.25) is 0 Å². The van der Waals surface area contributed by atoms with Crippen LogP contribution >= 0.6 is 0 Å². The maximum atomic E-state index is 3.00. The molecule has 1 saturated heterocycles. The Balaban J connectivity index is 2.00. The van der Waals surface area contributed by atoms with Crippen LogP contribution in [-0.2, 0) is 0 Å². The molecule has 1 fully saturated rings. The van der Waals surface area contributed by atoms with E-state index in [1.807, 2.05) is 0 Å². The van der Waals surface area contributed by atoms with E-state index >= 15 is 0 Å². The van der Waals surface area contributed by atoms with Gasteiger partial charge in [0.2, 0.25) is 0 Å². The number of nitrogens with one attached hydrogen (secondary N) is 1. The summed E-state index contributed by atoms with van der Waals surface area (Å²) in [5, 5.41) is 3.00. The van der Waals surface area contributed by atoms with E-state index in [2.05, 4.69) is 18.3 Å². The summed E-state index contributed by atoms with van der Waals surface area (Å²) in [5.74, 6) is 0. The highest BCUT2D eigenvalue weighted by Crippen LogP contribution is 1.98. The zero-order chi connectivity index (χ0) is 4.24. The Kier molecular flexibility index (Phi) is 1.51. The first-order valence-electron chi connectivity index (χ1n) is 2.27. The molecule has 0 aromatic heterocycles. The minimum atomic E-state index is 1.01. The zero-order valence-corrected chi connectivity index (χ0v) is 3.70. The van der Waals surface area contributed by atoms with Crippen LogP contribution in [0.25, 0.3) is 0 Å². The van der Waals surface area contributed by atoms with Gasteiger partial charge in [0, 0.05) is 0 Å². The van der Waals surface area contributed by atoms with E-state index in [1.165, 1.54) is 6.42 Å². The maximum absolute atomic E-state index is 3.00. The third-order valence-corrected chi connectivity index (χ3v) is 0.845. The summed E-state index contributed by atoms with van der Waals surface area (Å²) < 4.78 is 0. The molecule has 0 amide bonds. The van der Waals surface area contributed by atoms with Gasteiger partial charge in [-0.25, -0.2) is 0 Å². The number of hydrogen-bond acceptors (Lipinski definition) is 1. The average molecular weight is 82.1 g/mol. The van der Waals surface area contributed by atoms with Crippen molar-refractivity contribution >= 4 is 0 Å². The molecule has 0 aliphatic carbocycles. The second-order valence-corrected chi connectivity index (χ2v) is 1.39. The quantitative estimate of drug-likeness (QED) is 0.451. The van der Waals surface area contributed by atoms with Crippen molar-refractivity contribution in [2.24, 2.45) is 0 Å². The highest BCUT2D eigenvalue weighted by Gasteiger charge is 1.95. The van der Waals surface area contributed by atoms with Crippen LogP contribution < -0.4 is 5.32 Å². The first-order chi connectivity index (χ1) is 3.00. The van der Waals surface area contributed by atoms with Crippen LogP contribution in [0.5, 0.6) is 0 Å². The molecule has 0 unspecified atom stereocenters. The van der Waals surface area contributed by atoms with Gasteiger partial charge in [-0.2, -0.15) is 0 Å². The van der Waals surface area contributed by atoms with E-state index in [0.29, 0.717) is 0 Å². The Hall–Kier alpha value is -0.0400. The highest BCUT2D eigenvalue weighted by molar-refractivity contribution is 4.80. The number of hydrogen-bond donors (Lipinski definition) is 1. The first-order valence-corrected chi connectivity index (χ1v) is 2.27. The van der Waals surface area contributed by atoms with Gasteiger partial charge in [-0.3, -0.25) is 0 Å². The third-order valence-electron chi connectivity index (χ3n) is 0.845. The molecule has 33 valence electrons. The Morgan fingerprint density at radius 3 is 2.83 bits per heavy atom. The van der Waals surface area contributed by atoms with E-state index in [9.17, 15) is 0 Å². The van der Waals surface area contributed by atoms with Gasteiger partial charge in [-0.15, -0.1) is 0 Å². The lowest BCUT2D eigenvalue weighted by atomic mass is 10.2. The molecule has 0 aromatic rings. The van der Waals surface area contributed by atoms with Gasteiger partial charge in [0.1, 0.15) is 0 Å². The van der Waals surface area contributed by atoms with Crippen molar-refractivity contribution in [1.82, 2.24) is 5.32 Å². The van der Waals surface area contributed by atoms with E-state index in [-0.39, 0.29) is 0 Å². The van der Waals surface area contributed by atoms with Crippen LogP contribution in [0.1, 0.15) is 12.8 Å². The van der Waals surface area contributed by atoms with Crippen molar-refractivity contribution < 1.29 is 0 Å². The van der Waals surface area contributed by atoms with Gasteiger partial charge in [0.25, 0.3) is 0 Å². The van der Waals surface area contributed by atoms with Crippen molar-refractivity contribution in [3.05, 3.63) is 13.0 Å². The highest BCUT2D eigenvalue weighted by atomic mass is 14.9. The molecule has 1 heterocycles. The number of piperidine rings is 1. The summed E-state index contributed by atoms with van der Waals surface area (Å²) in [6.07, 6.45) is 4.43. The second kappa shape index (κ2) is 2.19. The van der Waals surface area contributed by atoms with E-state index in [4.69, 9.17) is 0 Å². The summed E-state index contributed by atoms with van der Waals surface area (Å²) in [5.41, 5.74) is 0. The molecular formula is C5H8N. The first kappa shape index (κ1) is 4.13. The number of rotatable bonds is 0. The molecular weight excluding hydrogens is 74.1 g/mol. The molecule has 3 radical (unpaired) electrons. The Morgan fingerprint density at radius 2 is 2.67 bits per heavy atom. The maximum Gasteiger partial charge on any atom is 0.0589 e. The summed E-state index contributed by atoms with van der Waals surface area (Å²) >= 11 is 0. The van der Waals surface area contributed by atoms with E-state index in [0.717, 1.165) is 13.0 Å². The standard InChI is InChI=1S/C5H8N/c1-2-4-6-5-3-1/h1,6H,2-4H2. The van der Waals surface area contributed by atoms with Gasteiger partial charge in [-0.05, 0) is 25.8 Å². The molecule has 0 spiro atoms. The molecule has 0 saturated carbocycles. The predicted octanol–water partition coefficient (Wildman–Crippen LogP) is 0.613. The monoisotopic (exact) mass is 82.1 g/mol. The van der Waals surface area contributed by atoms with Crippen molar-refractivity contribution in [3.63, 3.8) is 0 Å². The fraction of sp³-hybridized carbons (Fsp3) is 0.600. The van der Waals surface area contributed by atoms with Gasteiger partial charge >= 0.3 is 0 Å². The minimum absolute atomic E-state index is 1.01. The van der Waals surface area contributed by atoms with Crippen molar-refractivity contribution in [3.8, 4) is 0 Å². The zero-order valence-electron chi connectivity index (χ0n) is 3.70.